The predicted molar refractivity (Wildman–Crippen MR) is 77.4 cm³/mol. The molecule has 19 heavy (non-hydrogen) atoms. The zero-order valence-corrected chi connectivity index (χ0v) is 12.7. The van der Waals surface area contributed by atoms with Crippen LogP contribution < -0.4 is 15.4 Å². The molecule has 2 N–H and O–H groups in total. The lowest BCUT2D eigenvalue weighted by atomic mass is 10.1. The Morgan fingerprint density at radius 1 is 1.32 bits per heavy atom. The molecule has 0 spiro atoms. The topological polar surface area (TPSA) is 53.7 Å². The van der Waals surface area contributed by atoms with Crippen LogP contribution >= 0.6 is 15.9 Å². The van der Waals surface area contributed by atoms with Gasteiger partial charge in [-0.25, -0.2) is 5.90 Å². The SMILES string of the molecule is COc1c(Br)cc(CCON)cc1OC1CCCC1. The molecule has 0 aliphatic heterocycles. The molecule has 2 rings (SSSR count). The lowest BCUT2D eigenvalue weighted by molar-refractivity contribution is 0.141. The van der Waals surface area contributed by atoms with E-state index in [0.29, 0.717) is 12.7 Å². The van der Waals surface area contributed by atoms with Gasteiger partial charge in [-0.05, 0) is 65.7 Å². The van der Waals surface area contributed by atoms with Gasteiger partial charge in [-0.15, -0.1) is 0 Å². The first-order valence-corrected chi connectivity index (χ1v) is 7.38. The largest absolute Gasteiger partial charge is 0.492 e. The molecular formula is C14H20BrNO3. The Kier molecular flexibility index (Phi) is 5.48. The van der Waals surface area contributed by atoms with Crippen LogP contribution in [0.4, 0.5) is 0 Å². The van der Waals surface area contributed by atoms with Crippen LogP contribution in [0.15, 0.2) is 16.6 Å². The third-order valence-corrected chi connectivity index (χ3v) is 3.97. The number of benzene rings is 1. The average Bonchev–Trinajstić information content (AvgIpc) is 2.89. The lowest BCUT2D eigenvalue weighted by Crippen LogP contribution is -2.12. The summed E-state index contributed by atoms with van der Waals surface area (Å²) in [6.45, 7) is 0.488. The van der Waals surface area contributed by atoms with Gasteiger partial charge >= 0.3 is 0 Å². The number of ether oxygens (including phenoxy) is 2. The molecule has 1 aliphatic carbocycles. The normalized spacial score (nSPS) is 15.7. The van der Waals surface area contributed by atoms with Crippen molar-refractivity contribution in [1.82, 2.24) is 0 Å². The minimum absolute atomic E-state index is 0.307. The smallest absolute Gasteiger partial charge is 0.174 e. The van der Waals surface area contributed by atoms with Gasteiger partial charge < -0.3 is 14.3 Å². The Morgan fingerprint density at radius 2 is 2.05 bits per heavy atom. The van der Waals surface area contributed by atoms with Crippen molar-refractivity contribution in [2.45, 2.75) is 38.2 Å². The van der Waals surface area contributed by atoms with Gasteiger partial charge in [0.2, 0.25) is 0 Å². The van der Waals surface area contributed by atoms with E-state index in [-0.39, 0.29) is 0 Å². The first-order valence-electron chi connectivity index (χ1n) is 6.59. The van der Waals surface area contributed by atoms with Crippen LogP contribution in [0.5, 0.6) is 11.5 Å². The summed E-state index contributed by atoms with van der Waals surface area (Å²) in [6, 6.07) is 4.03. The molecular weight excluding hydrogens is 310 g/mol. The van der Waals surface area contributed by atoms with Crippen molar-refractivity contribution in [2.24, 2.45) is 5.90 Å². The number of hydrogen-bond acceptors (Lipinski definition) is 4. The summed E-state index contributed by atoms with van der Waals surface area (Å²) < 4.78 is 12.4. The molecule has 1 aromatic carbocycles. The summed E-state index contributed by atoms with van der Waals surface area (Å²) in [5.74, 6) is 6.63. The number of rotatable bonds is 6. The van der Waals surface area contributed by atoms with Crippen molar-refractivity contribution in [2.75, 3.05) is 13.7 Å². The van der Waals surface area contributed by atoms with E-state index in [1.807, 2.05) is 12.1 Å². The monoisotopic (exact) mass is 329 g/mol. The summed E-state index contributed by atoms with van der Waals surface area (Å²) in [5.41, 5.74) is 1.12. The lowest BCUT2D eigenvalue weighted by Gasteiger charge is -2.18. The molecule has 0 bridgehead atoms. The third-order valence-electron chi connectivity index (χ3n) is 3.38. The summed E-state index contributed by atoms with van der Waals surface area (Å²) >= 11 is 3.52. The van der Waals surface area contributed by atoms with Crippen molar-refractivity contribution in [3.05, 3.63) is 22.2 Å². The second kappa shape index (κ2) is 7.12. The standard InChI is InChI=1S/C14H20BrNO3/c1-17-14-12(15)8-10(6-7-18-16)9-13(14)19-11-4-2-3-5-11/h8-9,11H,2-7,16H2,1H3. The molecule has 4 nitrogen and oxygen atoms in total. The van der Waals surface area contributed by atoms with Crippen LogP contribution in [-0.4, -0.2) is 19.8 Å². The van der Waals surface area contributed by atoms with E-state index >= 15 is 0 Å². The molecule has 1 saturated carbocycles. The number of halogens is 1. The molecule has 1 fully saturated rings. The van der Waals surface area contributed by atoms with Crippen molar-refractivity contribution in [3.63, 3.8) is 0 Å². The molecule has 0 unspecified atom stereocenters. The highest BCUT2D eigenvalue weighted by Crippen LogP contribution is 2.38. The Morgan fingerprint density at radius 3 is 2.68 bits per heavy atom. The summed E-state index contributed by atoms with van der Waals surface area (Å²) in [5, 5.41) is 0. The van der Waals surface area contributed by atoms with Gasteiger partial charge in [0.1, 0.15) is 0 Å². The Labute approximate surface area is 122 Å². The molecule has 106 valence electrons. The number of hydrogen-bond donors (Lipinski definition) is 1. The maximum Gasteiger partial charge on any atom is 0.174 e. The van der Waals surface area contributed by atoms with Gasteiger partial charge in [-0.3, -0.25) is 0 Å². The fraction of sp³-hybridized carbons (Fsp3) is 0.571. The van der Waals surface area contributed by atoms with E-state index in [0.717, 1.165) is 40.8 Å². The van der Waals surface area contributed by atoms with Gasteiger partial charge in [0.15, 0.2) is 11.5 Å². The van der Waals surface area contributed by atoms with Gasteiger partial charge in [0.05, 0.1) is 24.3 Å². The fourth-order valence-electron chi connectivity index (χ4n) is 2.41. The van der Waals surface area contributed by atoms with E-state index in [1.54, 1.807) is 7.11 Å². The molecule has 0 heterocycles. The molecule has 1 aromatic rings. The second-order valence-corrected chi connectivity index (χ2v) is 5.61. The van der Waals surface area contributed by atoms with Crippen molar-refractivity contribution >= 4 is 15.9 Å². The van der Waals surface area contributed by atoms with Crippen molar-refractivity contribution in [3.8, 4) is 11.5 Å². The zero-order chi connectivity index (χ0) is 13.7. The van der Waals surface area contributed by atoms with Gasteiger partial charge in [0.25, 0.3) is 0 Å². The third kappa shape index (κ3) is 3.84. The number of nitrogens with two attached hydrogens (primary N) is 1. The molecule has 1 aliphatic rings. The second-order valence-electron chi connectivity index (χ2n) is 4.75. The van der Waals surface area contributed by atoms with Crippen LogP contribution in [0.2, 0.25) is 0 Å². The highest BCUT2D eigenvalue weighted by molar-refractivity contribution is 9.10. The van der Waals surface area contributed by atoms with Crippen LogP contribution in [0.1, 0.15) is 31.2 Å². The maximum absolute atomic E-state index is 6.07. The molecule has 0 aromatic heterocycles. The van der Waals surface area contributed by atoms with E-state index in [2.05, 4.69) is 20.8 Å². The number of methoxy groups -OCH3 is 1. The average molecular weight is 330 g/mol. The van der Waals surface area contributed by atoms with Gasteiger partial charge in [0, 0.05) is 0 Å². The molecule has 0 saturated heterocycles. The Bertz CT molecular complexity index is 419. The minimum atomic E-state index is 0.307. The molecule has 0 amide bonds. The van der Waals surface area contributed by atoms with Gasteiger partial charge in [-0.1, -0.05) is 0 Å². The molecule has 0 atom stereocenters. The minimum Gasteiger partial charge on any atom is -0.492 e. The van der Waals surface area contributed by atoms with Crippen LogP contribution in [0.3, 0.4) is 0 Å². The molecule has 5 heteroatoms. The van der Waals surface area contributed by atoms with E-state index < -0.39 is 0 Å². The fourth-order valence-corrected chi connectivity index (χ4v) is 3.07. The van der Waals surface area contributed by atoms with E-state index in [1.165, 1.54) is 12.8 Å². The van der Waals surface area contributed by atoms with E-state index in [9.17, 15) is 0 Å². The summed E-state index contributed by atoms with van der Waals surface area (Å²) in [6.07, 6.45) is 5.79. The van der Waals surface area contributed by atoms with Crippen molar-refractivity contribution in [1.29, 1.82) is 0 Å². The Hall–Kier alpha value is -0.780. The van der Waals surface area contributed by atoms with E-state index in [4.69, 9.17) is 15.4 Å². The highest BCUT2D eigenvalue weighted by atomic mass is 79.9. The quantitative estimate of drug-likeness (QED) is 0.814. The molecule has 0 radical (unpaired) electrons. The predicted octanol–water partition coefficient (Wildman–Crippen LogP) is 3.21. The highest BCUT2D eigenvalue weighted by Gasteiger charge is 2.20. The van der Waals surface area contributed by atoms with Crippen molar-refractivity contribution < 1.29 is 14.3 Å². The zero-order valence-electron chi connectivity index (χ0n) is 11.2. The van der Waals surface area contributed by atoms with Gasteiger partial charge in [-0.2, -0.15) is 0 Å². The van der Waals surface area contributed by atoms with Crippen LogP contribution in [-0.2, 0) is 11.3 Å². The Balaban J connectivity index is 2.18. The maximum atomic E-state index is 6.07. The summed E-state index contributed by atoms with van der Waals surface area (Å²) in [7, 11) is 1.66. The van der Waals surface area contributed by atoms with Crippen LogP contribution in [0.25, 0.3) is 0 Å². The summed E-state index contributed by atoms with van der Waals surface area (Å²) in [4.78, 5) is 4.63. The first-order chi connectivity index (χ1) is 9.24. The first kappa shape index (κ1) is 14.6. The van der Waals surface area contributed by atoms with Crippen LogP contribution in [0, 0.1) is 0 Å².